The van der Waals surface area contributed by atoms with Crippen LogP contribution in [0, 0.1) is 5.41 Å². The summed E-state index contributed by atoms with van der Waals surface area (Å²) < 4.78 is 0. The van der Waals surface area contributed by atoms with E-state index in [4.69, 9.17) is 5.11 Å². The Kier molecular flexibility index (Phi) is 6.76. The largest absolute Gasteiger partial charge is 0.392 e. The summed E-state index contributed by atoms with van der Waals surface area (Å²) >= 11 is 0. The second-order valence-electron chi connectivity index (χ2n) is 6.58. The van der Waals surface area contributed by atoms with Gasteiger partial charge in [0.2, 0.25) is 0 Å². The summed E-state index contributed by atoms with van der Waals surface area (Å²) in [6.45, 7) is 10.4. The summed E-state index contributed by atoms with van der Waals surface area (Å²) in [5.41, 5.74) is 4.27. The first-order chi connectivity index (χ1) is 10.3. The highest BCUT2D eigenvalue weighted by atomic mass is 16.2. The van der Waals surface area contributed by atoms with Crippen LogP contribution < -0.4 is 0 Å². The van der Waals surface area contributed by atoms with Crippen LogP contribution in [0.25, 0.3) is 0 Å². The molecule has 0 atom stereocenters. The molecule has 120 valence electrons. The number of hydrogen-bond donors (Lipinski definition) is 1. The molecule has 0 unspecified atom stereocenters. The van der Waals surface area contributed by atoms with E-state index in [2.05, 4.69) is 26.0 Å². The van der Waals surface area contributed by atoms with E-state index >= 15 is 0 Å². The van der Waals surface area contributed by atoms with Crippen molar-refractivity contribution in [3.05, 3.63) is 58.7 Å². The van der Waals surface area contributed by atoms with Crippen molar-refractivity contribution in [3.8, 4) is 0 Å². The number of allylic oxidation sites excluding steroid dienone is 9. The van der Waals surface area contributed by atoms with E-state index in [1.807, 2.05) is 39.0 Å². The lowest BCUT2D eigenvalue weighted by atomic mass is 9.72. The Hall–Kier alpha value is -1.67. The molecule has 0 heterocycles. The van der Waals surface area contributed by atoms with Gasteiger partial charge in [0.1, 0.15) is 0 Å². The molecule has 1 rings (SSSR count). The summed E-state index contributed by atoms with van der Waals surface area (Å²) in [4.78, 5) is 11.9. The second-order valence-corrected chi connectivity index (χ2v) is 6.58. The van der Waals surface area contributed by atoms with Crippen LogP contribution in [-0.2, 0) is 4.79 Å². The first-order valence-electron chi connectivity index (χ1n) is 7.83. The van der Waals surface area contributed by atoms with Gasteiger partial charge < -0.3 is 5.11 Å². The van der Waals surface area contributed by atoms with Gasteiger partial charge in [-0.2, -0.15) is 0 Å². The van der Waals surface area contributed by atoms with E-state index in [0.717, 1.165) is 28.7 Å². The van der Waals surface area contributed by atoms with Crippen LogP contribution in [0.2, 0.25) is 0 Å². The zero-order valence-electron chi connectivity index (χ0n) is 14.4. The Balaban J connectivity index is 2.88. The number of rotatable bonds is 5. The summed E-state index contributed by atoms with van der Waals surface area (Å²) in [7, 11) is 0. The minimum absolute atomic E-state index is 0.0606. The van der Waals surface area contributed by atoms with Crippen molar-refractivity contribution in [3.63, 3.8) is 0 Å². The highest BCUT2D eigenvalue weighted by molar-refractivity contribution is 5.97. The van der Waals surface area contributed by atoms with E-state index in [0.29, 0.717) is 6.42 Å². The summed E-state index contributed by atoms with van der Waals surface area (Å²) in [5, 5.41) is 8.80. The third-order valence-corrected chi connectivity index (χ3v) is 4.17. The molecule has 0 aliphatic heterocycles. The normalized spacial score (nSPS) is 20.5. The molecule has 1 aliphatic rings. The molecular formula is C20H28O2. The lowest BCUT2D eigenvalue weighted by molar-refractivity contribution is -0.116. The van der Waals surface area contributed by atoms with Crippen LogP contribution in [0.15, 0.2) is 58.7 Å². The molecule has 2 nitrogen and oxygen atoms in total. The highest BCUT2D eigenvalue weighted by Crippen LogP contribution is 2.39. The van der Waals surface area contributed by atoms with Crippen LogP contribution in [0.1, 0.15) is 47.5 Å². The second kappa shape index (κ2) is 8.09. The predicted molar refractivity (Wildman–Crippen MR) is 93.6 cm³/mol. The fraction of sp³-hybridized carbons (Fsp3) is 0.450. The Morgan fingerprint density at radius 1 is 1.23 bits per heavy atom. The van der Waals surface area contributed by atoms with E-state index in [1.54, 1.807) is 6.08 Å². The molecule has 1 N–H and O–H groups in total. The lowest BCUT2D eigenvalue weighted by Gasteiger charge is -2.32. The fourth-order valence-electron chi connectivity index (χ4n) is 2.59. The minimum Gasteiger partial charge on any atom is -0.392 e. The maximum Gasteiger partial charge on any atom is 0.158 e. The van der Waals surface area contributed by atoms with Gasteiger partial charge >= 0.3 is 0 Å². The van der Waals surface area contributed by atoms with Gasteiger partial charge in [0.05, 0.1) is 6.61 Å². The van der Waals surface area contributed by atoms with Gasteiger partial charge in [-0.1, -0.05) is 61.4 Å². The molecule has 0 saturated heterocycles. The van der Waals surface area contributed by atoms with Crippen molar-refractivity contribution in [2.45, 2.75) is 47.5 Å². The van der Waals surface area contributed by atoms with Gasteiger partial charge in [-0.05, 0) is 43.8 Å². The van der Waals surface area contributed by atoms with Crippen molar-refractivity contribution in [2.24, 2.45) is 5.41 Å². The monoisotopic (exact) mass is 300 g/mol. The Morgan fingerprint density at radius 2 is 1.91 bits per heavy atom. The zero-order chi connectivity index (χ0) is 16.8. The Morgan fingerprint density at radius 3 is 2.55 bits per heavy atom. The smallest absolute Gasteiger partial charge is 0.158 e. The third kappa shape index (κ3) is 5.27. The van der Waals surface area contributed by atoms with Crippen LogP contribution in [0.4, 0.5) is 0 Å². The summed E-state index contributed by atoms with van der Waals surface area (Å²) in [5.74, 6) is 0.269. The molecular weight excluding hydrogens is 272 g/mol. The molecule has 22 heavy (non-hydrogen) atoms. The summed E-state index contributed by atoms with van der Waals surface area (Å²) in [6.07, 6.45) is 13.4. The number of carbonyl (C=O) groups is 1. The van der Waals surface area contributed by atoms with E-state index < -0.39 is 0 Å². The Labute approximate surface area is 134 Å². The lowest BCUT2D eigenvalue weighted by Crippen LogP contribution is -2.24. The number of aliphatic hydroxyl groups excluding tert-OH is 1. The first kappa shape index (κ1) is 18.4. The van der Waals surface area contributed by atoms with Gasteiger partial charge in [-0.3, -0.25) is 4.79 Å². The van der Waals surface area contributed by atoms with Crippen LogP contribution in [0.3, 0.4) is 0 Å². The molecule has 0 radical (unpaired) electrons. The van der Waals surface area contributed by atoms with Crippen LogP contribution >= 0.6 is 0 Å². The average Bonchev–Trinajstić information content (AvgIpc) is 2.43. The topological polar surface area (TPSA) is 37.3 Å². The first-order valence-corrected chi connectivity index (χ1v) is 7.83. The van der Waals surface area contributed by atoms with Crippen LogP contribution in [0.5, 0.6) is 0 Å². The maximum absolute atomic E-state index is 11.9. The predicted octanol–water partition coefficient (Wildman–Crippen LogP) is 4.69. The van der Waals surface area contributed by atoms with Crippen molar-refractivity contribution in [1.82, 2.24) is 0 Å². The average molecular weight is 300 g/mol. The highest BCUT2D eigenvalue weighted by Gasteiger charge is 2.30. The van der Waals surface area contributed by atoms with Crippen molar-refractivity contribution in [1.29, 1.82) is 0 Å². The molecule has 0 spiro atoms. The number of ketones is 1. The van der Waals surface area contributed by atoms with Crippen LogP contribution in [-0.4, -0.2) is 17.5 Å². The van der Waals surface area contributed by atoms with Crippen molar-refractivity contribution in [2.75, 3.05) is 6.61 Å². The van der Waals surface area contributed by atoms with E-state index in [-0.39, 0.29) is 17.8 Å². The molecule has 0 fully saturated rings. The van der Waals surface area contributed by atoms with Gasteiger partial charge in [0, 0.05) is 6.42 Å². The molecule has 0 saturated carbocycles. The number of Topliss-reactive ketones (excluding diaryl/α,β-unsaturated/α-hetero) is 1. The number of aliphatic hydroxyl groups is 1. The van der Waals surface area contributed by atoms with Gasteiger partial charge in [0.25, 0.3) is 0 Å². The van der Waals surface area contributed by atoms with Gasteiger partial charge in [-0.15, -0.1) is 0 Å². The summed E-state index contributed by atoms with van der Waals surface area (Å²) in [6, 6.07) is 0. The molecule has 0 aromatic rings. The number of carbonyl (C=O) groups excluding carboxylic acids is 1. The van der Waals surface area contributed by atoms with E-state index in [1.165, 1.54) is 0 Å². The van der Waals surface area contributed by atoms with Gasteiger partial charge in [0.15, 0.2) is 5.78 Å². The number of hydrogen-bond acceptors (Lipinski definition) is 2. The molecule has 0 amide bonds. The standard InChI is InChI=1S/C20H28O2/c1-15(7-6-8-16(2)12-14-21)9-10-18-17(3)19(22)11-13-20(18,4)5/h6-10,12,21H,11,13-14H2,1-5H3/b8-6-,10-9+,15-7+,16-12+. The molecule has 0 bridgehead atoms. The SMILES string of the molecule is CC1=C(/C=C/C(C)=C/C=C\C(C)=C\CO)C(C)(C)CCC1=O. The molecule has 1 aliphatic carbocycles. The maximum atomic E-state index is 11.9. The Bertz CT molecular complexity index is 567. The zero-order valence-corrected chi connectivity index (χ0v) is 14.4. The fourth-order valence-corrected chi connectivity index (χ4v) is 2.59. The van der Waals surface area contributed by atoms with Gasteiger partial charge in [-0.25, -0.2) is 0 Å². The third-order valence-electron chi connectivity index (χ3n) is 4.17. The quantitative estimate of drug-likeness (QED) is 0.748. The molecule has 0 aromatic heterocycles. The van der Waals surface area contributed by atoms with Crippen molar-refractivity contribution < 1.29 is 9.90 Å². The van der Waals surface area contributed by atoms with Crippen molar-refractivity contribution >= 4 is 5.78 Å². The molecule has 0 aromatic carbocycles. The molecule has 2 heteroatoms. The van der Waals surface area contributed by atoms with E-state index in [9.17, 15) is 4.79 Å². The minimum atomic E-state index is 0.0606.